The molecule has 0 spiro atoms. The van der Waals surface area contributed by atoms with Gasteiger partial charge in [0.15, 0.2) is 0 Å². The number of anilines is 1. The lowest BCUT2D eigenvalue weighted by atomic mass is 10.1. The number of carbonyl (C=O) groups excluding carboxylic acids is 1. The van der Waals surface area contributed by atoms with E-state index in [2.05, 4.69) is 11.3 Å². The van der Waals surface area contributed by atoms with Gasteiger partial charge < -0.3 is 9.80 Å². The summed E-state index contributed by atoms with van der Waals surface area (Å²) in [7, 11) is -4.29. The Kier molecular flexibility index (Phi) is 9.47. The first kappa shape index (κ1) is 30.6. The summed E-state index contributed by atoms with van der Waals surface area (Å²) in [6.45, 7) is 3.76. The molecular weight excluding hydrogens is 557 g/mol. The highest BCUT2D eigenvalue weighted by molar-refractivity contribution is 7.92. The van der Waals surface area contributed by atoms with Crippen molar-refractivity contribution in [1.29, 1.82) is 0 Å². The maximum atomic E-state index is 13.2. The van der Waals surface area contributed by atoms with Crippen molar-refractivity contribution in [3.05, 3.63) is 71.6 Å². The van der Waals surface area contributed by atoms with Crippen LogP contribution >= 0.6 is 0 Å². The topological polar surface area (TPSA) is 107 Å². The Labute approximate surface area is 227 Å². The van der Waals surface area contributed by atoms with E-state index in [0.717, 1.165) is 17.5 Å². The largest absolute Gasteiger partial charge is 0.416 e. The van der Waals surface area contributed by atoms with Gasteiger partial charge in [-0.15, -0.1) is 0 Å². The molecular formula is C25H31F3N4O5S2. The molecule has 214 valence electrons. The molecule has 0 radical (unpaired) electrons. The van der Waals surface area contributed by atoms with Crippen LogP contribution in [0.25, 0.3) is 0 Å². The zero-order chi connectivity index (χ0) is 29.0. The maximum absolute atomic E-state index is 13.2. The Bertz CT molecular complexity index is 1380. The van der Waals surface area contributed by atoms with E-state index < -0.39 is 31.8 Å². The Morgan fingerprint density at radius 1 is 1.08 bits per heavy atom. The van der Waals surface area contributed by atoms with Gasteiger partial charge in [-0.2, -0.15) is 17.5 Å². The van der Waals surface area contributed by atoms with Crippen LogP contribution < -0.4 is 9.62 Å². The van der Waals surface area contributed by atoms with Crippen molar-refractivity contribution in [3.63, 3.8) is 0 Å². The molecule has 2 aromatic carbocycles. The minimum Gasteiger partial charge on any atom is -0.358 e. The molecule has 1 amide bonds. The monoisotopic (exact) mass is 588 g/mol. The summed E-state index contributed by atoms with van der Waals surface area (Å²) in [5, 5.41) is 0.797. The molecule has 0 saturated carbocycles. The molecule has 1 N–H and O–H groups in total. The van der Waals surface area contributed by atoms with Crippen LogP contribution in [-0.2, 0) is 37.6 Å². The van der Waals surface area contributed by atoms with E-state index in [0.29, 0.717) is 17.7 Å². The average Bonchev–Trinajstić information content (AvgIpc) is 3.37. The quantitative estimate of drug-likeness (QED) is 0.433. The van der Waals surface area contributed by atoms with Crippen molar-refractivity contribution >= 4 is 31.6 Å². The first-order valence-electron chi connectivity index (χ1n) is 12.0. The Morgan fingerprint density at radius 3 is 2.23 bits per heavy atom. The van der Waals surface area contributed by atoms with Crippen molar-refractivity contribution in [2.75, 3.05) is 45.2 Å². The number of nitrogens with zero attached hydrogens (tertiary/aromatic N) is 3. The van der Waals surface area contributed by atoms with Gasteiger partial charge in [-0.3, -0.25) is 4.79 Å². The second-order valence-corrected chi connectivity index (χ2v) is 13.1. The van der Waals surface area contributed by atoms with Crippen molar-refractivity contribution < 1.29 is 34.8 Å². The molecule has 0 unspecified atom stereocenters. The third kappa shape index (κ3) is 8.03. The molecule has 0 bridgehead atoms. The van der Waals surface area contributed by atoms with Crippen LogP contribution in [0.4, 0.5) is 18.9 Å². The van der Waals surface area contributed by atoms with Crippen molar-refractivity contribution in [2.24, 2.45) is 5.92 Å². The van der Waals surface area contributed by atoms with Gasteiger partial charge >= 0.3 is 6.18 Å². The van der Waals surface area contributed by atoms with Crippen LogP contribution in [0.15, 0.2) is 65.4 Å². The second-order valence-electron chi connectivity index (χ2n) is 9.41. The summed E-state index contributed by atoms with van der Waals surface area (Å²) in [6, 6.07) is 10.6. The molecule has 1 heterocycles. The van der Waals surface area contributed by atoms with Crippen LogP contribution in [0.3, 0.4) is 0 Å². The van der Waals surface area contributed by atoms with Crippen molar-refractivity contribution in [2.45, 2.75) is 24.0 Å². The minimum absolute atomic E-state index is 0.0342. The fraction of sp³-hybridized carbons (Fsp3) is 0.400. The van der Waals surface area contributed by atoms with Crippen LogP contribution in [-0.4, -0.2) is 72.2 Å². The third-order valence-electron chi connectivity index (χ3n) is 6.36. The lowest BCUT2D eigenvalue weighted by molar-refractivity contribution is -0.137. The normalized spacial score (nSPS) is 16.7. The summed E-state index contributed by atoms with van der Waals surface area (Å²) in [5.74, 6) is -0.432. The van der Waals surface area contributed by atoms with Gasteiger partial charge in [0.2, 0.25) is 26.0 Å². The highest BCUT2D eigenvalue weighted by Crippen LogP contribution is 2.30. The molecule has 0 aliphatic carbocycles. The molecule has 14 heteroatoms. The van der Waals surface area contributed by atoms with Crippen molar-refractivity contribution in [3.8, 4) is 0 Å². The highest BCUT2D eigenvalue weighted by Gasteiger charge is 2.33. The lowest BCUT2D eigenvalue weighted by Crippen LogP contribution is -2.36. The third-order valence-corrected chi connectivity index (χ3v) is 9.25. The number of nitrogens with one attached hydrogen (secondary N) is 1. The number of likely N-dealkylation sites (N-methyl/N-ethyl adjacent to an activating group) is 1. The Balaban J connectivity index is 1.76. The van der Waals surface area contributed by atoms with Gasteiger partial charge in [-0.05, 0) is 54.3 Å². The van der Waals surface area contributed by atoms with Crippen LogP contribution in [0.5, 0.6) is 0 Å². The predicted molar refractivity (Wildman–Crippen MR) is 142 cm³/mol. The van der Waals surface area contributed by atoms with Gasteiger partial charge in [0.25, 0.3) is 0 Å². The number of benzene rings is 2. The Hall–Kier alpha value is -2.94. The predicted octanol–water partition coefficient (Wildman–Crippen LogP) is 2.87. The van der Waals surface area contributed by atoms with Crippen molar-refractivity contribution in [1.82, 2.24) is 13.9 Å². The molecule has 39 heavy (non-hydrogen) atoms. The number of amides is 1. The van der Waals surface area contributed by atoms with E-state index in [-0.39, 0.29) is 49.4 Å². The SMILES string of the molecule is C=CS(=O)(=O)NC[C@H]1CCN(S(=O)(=O)c2ccc(N(CC(=O)N(C)C)Cc3ccc(C(F)(F)F)cc3)cc2)C1. The van der Waals surface area contributed by atoms with Crippen LogP contribution in [0.1, 0.15) is 17.5 Å². The van der Waals surface area contributed by atoms with E-state index in [1.807, 2.05) is 0 Å². The van der Waals surface area contributed by atoms with Gasteiger partial charge in [-0.1, -0.05) is 18.7 Å². The number of sulfonamides is 2. The number of rotatable bonds is 11. The number of halogens is 3. The minimum atomic E-state index is -4.46. The molecule has 1 saturated heterocycles. The first-order chi connectivity index (χ1) is 18.1. The zero-order valence-corrected chi connectivity index (χ0v) is 23.2. The zero-order valence-electron chi connectivity index (χ0n) is 21.6. The average molecular weight is 589 g/mol. The van der Waals surface area contributed by atoms with E-state index >= 15 is 0 Å². The van der Waals surface area contributed by atoms with E-state index in [1.165, 1.54) is 33.5 Å². The van der Waals surface area contributed by atoms with Gasteiger partial charge in [0.05, 0.1) is 17.0 Å². The number of alkyl halides is 3. The summed E-state index contributed by atoms with van der Waals surface area (Å²) in [4.78, 5) is 15.5. The molecule has 1 aliphatic rings. The van der Waals surface area contributed by atoms with Crippen LogP contribution in [0.2, 0.25) is 0 Å². The highest BCUT2D eigenvalue weighted by atomic mass is 32.2. The molecule has 3 rings (SSSR count). The van der Waals surface area contributed by atoms with Crippen LogP contribution in [0, 0.1) is 5.92 Å². The van der Waals surface area contributed by atoms with Gasteiger partial charge in [0.1, 0.15) is 0 Å². The van der Waals surface area contributed by atoms with E-state index in [4.69, 9.17) is 0 Å². The smallest absolute Gasteiger partial charge is 0.358 e. The van der Waals surface area contributed by atoms with E-state index in [9.17, 15) is 34.8 Å². The fourth-order valence-electron chi connectivity index (χ4n) is 4.02. The molecule has 0 aromatic heterocycles. The number of hydrogen-bond acceptors (Lipinski definition) is 6. The molecule has 1 aliphatic heterocycles. The fourth-order valence-corrected chi connectivity index (χ4v) is 6.13. The molecule has 1 atom stereocenters. The molecule has 9 nitrogen and oxygen atoms in total. The number of hydrogen-bond donors (Lipinski definition) is 1. The second kappa shape index (κ2) is 12.1. The van der Waals surface area contributed by atoms with E-state index in [1.54, 1.807) is 31.1 Å². The first-order valence-corrected chi connectivity index (χ1v) is 14.9. The summed E-state index contributed by atoms with van der Waals surface area (Å²) in [5.41, 5.74) is 0.280. The molecule has 1 fully saturated rings. The summed E-state index contributed by atoms with van der Waals surface area (Å²) in [6.07, 6.45) is -3.97. The number of carbonyl (C=O) groups is 1. The standard InChI is InChI=1S/C25H31F3N4O5S2/c1-4-38(34,35)29-15-20-13-14-32(17-20)39(36,37)23-11-9-22(10-12-23)31(18-24(33)30(2)3)16-19-5-7-21(8-6-19)25(26,27)28/h4-12,20,29H,1,13-18H2,2-3H3/t20-/m1/s1. The van der Waals surface area contributed by atoms with Gasteiger partial charge in [0, 0.05) is 51.4 Å². The lowest BCUT2D eigenvalue weighted by Gasteiger charge is -2.26. The maximum Gasteiger partial charge on any atom is 0.416 e. The summed E-state index contributed by atoms with van der Waals surface area (Å²) < 4.78 is 92.0. The summed E-state index contributed by atoms with van der Waals surface area (Å²) >= 11 is 0. The molecule has 2 aromatic rings. The van der Waals surface area contributed by atoms with Gasteiger partial charge in [-0.25, -0.2) is 21.6 Å². The Morgan fingerprint density at radius 2 is 1.69 bits per heavy atom.